The molecule has 0 saturated heterocycles. The van der Waals surface area contributed by atoms with Crippen molar-refractivity contribution in [2.75, 3.05) is 26.8 Å². The molecule has 0 aromatic carbocycles. The molecule has 1 aliphatic carbocycles. The Bertz CT molecular complexity index is 337. The van der Waals surface area contributed by atoms with Crippen molar-refractivity contribution in [1.82, 2.24) is 14.9 Å². The van der Waals surface area contributed by atoms with Crippen LogP contribution in [0.1, 0.15) is 31.4 Å². The number of rotatable bonds is 8. The maximum Gasteiger partial charge on any atom is 0.0948 e. The maximum absolute atomic E-state index is 5.02. The Morgan fingerprint density at radius 3 is 3.24 bits per heavy atom. The normalized spacial score (nSPS) is 22.9. The summed E-state index contributed by atoms with van der Waals surface area (Å²) in [6.45, 7) is 6.15. The molecular formula is C13H23N3O. The smallest absolute Gasteiger partial charge is 0.0948 e. The van der Waals surface area contributed by atoms with E-state index in [1.807, 2.05) is 12.5 Å². The van der Waals surface area contributed by atoms with Gasteiger partial charge in [0.15, 0.2) is 0 Å². The molecule has 2 rings (SSSR count). The number of ether oxygens (including phenoxy) is 1. The first-order valence-electron chi connectivity index (χ1n) is 6.56. The fraction of sp³-hybridized carbons (Fsp3) is 0.769. The molecule has 1 aliphatic rings. The van der Waals surface area contributed by atoms with Crippen LogP contribution in [-0.2, 0) is 11.3 Å². The largest absolute Gasteiger partial charge is 0.383 e. The van der Waals surface area contributed by atoms with Gasteiger partial charge in [-0.2, -0.15) is 0 Å². The Labute approximate surface area is 103 Å². The van der Waals surface area contributed by atoms with E-state index in [1.165, 1.54) is 18.5 Å². The SMILES string of the molecule is CCCn1cncc1C1CC1CNCCOC. The third-order valence-electron chi connectivity index (χ3n) is 3.40. The van der Waals surface area contributed by atoms with Crippen molar-refractivity contribution in [2.45, 2.75) is 32.2 Å². The zero-order valence-electron chi connectivity index (χ0n) is 10.9. The van der Waals surface area contributed by atoms with Crippen LogP contribution < -0.4 is 5.32 Å². The number of nitrogens with one attached hydrogen (secondary N) is 1. The van der Waals surface area contributed by atoms with Crippen molar-refractivity contribution in [3.63, 3.8) is 0 Å². The van der Waals surface area contributed by atoms with Gasteiger partial charge in [-0.15, -0.1) is 0 Å². The second kappa shape index (κ2) is 6.17. The van der Waals surface area contributed by atoms with Crippen LogP contribution in [0.4, 0.5) is 0 Å². The summed E-state index contributed by atoms with van der Waals surface area (Å²) < 4.78 is 7.32. The van der Waals surface area contributed by atoms with Gasteiger partial charge in [-0.05, 0) is 25.3 Å². The van der Waals surface area contributed by atoms with Crippen LogP contribution in [0.5, 0.6) is 0 Å². The molecule has 1 N–H and O–H groups in total. The van der Waals surface area contributed by atoms with Crippen LogP contribution in [0.25, 0.3) is 0 Å². The molecule has 0 bridgehead atoms. The van der Waals surface area contributed by atoms with Crippen LogP contribution in [0.2, 0.25) is 0 Å². The van der Waals surface area contributed by atoms with E-state index in [0.29, 0.717) is 0 Å². The summed E-state index contributed by atoms with van der Waals surface area (Å²) in [5.74, 6) is 1.51. The molecule has 0 radical (unpaired) electrons. The van der Waals surface area contributed by atoms with E-state index >= 15 is 0 Å². The zero-order valence-corrected chi connectivity index (χ0v) is 10.9. The molecule has 4 nitrogen and oxygen atoms in total. The lowest BCUT2D eigenvalue weighted by Gasteiger charge is -2.06. The van der Waals surface area contributed by atoms with E-state index in [9.17, 15) is 0 Å². The first kappa shape index (κ1) is 12.6. The highest BCUT2D eigenvalue weighted by atomic mass is 16.5. The van der Waals surface area contributed by atoms with Crippen molar-refractivity contribution < 1.29 is 4.74 Å². The number of methoxy groups -OCH3 is 1. The van der Waals surface area contributed by atoms with Crippen molar-refractivity contribution in [3.8, 4) is 0 Å². The van der Waals surface area contributed by atoms with Gasteiger partial charge < -0.3 is 14.6 Å². The van der Waals surface area contributed by atoms with Gasteiger partial charge in [0.1, 0.15) is 0 Å². The highest BCUT2D eigenvalue weighted by molar-refractivity contribution is 5.16. The Morgan fingerprint density at radius 2 is 2.47 bits per heavy atom. The fourth-order valence-electron chi connectivity index (χ4n) is 2.36. The third kappa shape index (κ3) is 3.30. The summed E-state index contributed by atoms with van der Waals surface area (Å²) in [5, 5.41) is 3.44. The van der Waals surface area contributed by atoms with Gasteiger partial charge in [-0.25, -0.2) is 4.98 Å². The molecule has 0 amide bonds. The first-order valence-corrected chi connectivity index (χ1v) is 6.56. The third-order valence-corrected chi connectivity index (χ3v) is 3.40. The van der Waals surface area contributed by atoms with Crippen LogP contribution in [0.3, 0.4) is 0 Å². The summed E-state index contributed by atoms with van der Waals surface area (Å²) in [4.78, 5) is 4.27. The molecule has 4 heteroatoms. The highest BCUT2D eigenvalue weighted by Crippen LogP contribution is 2.46. The predicted molar refractivity (Wildman–Crippen MR) is 68.1 cm³/mol. The van der Waals surface area contributed by atoms with Gasteiger partial charge in [0.2, 0.25) is 0 Å². The van der Waals surface area contributed by atoms with Gasteiger partial charge in [-0.3, -0.25) is 0 Å². The molecule has 1 heterocycles. The van der Waals surface area contributed by atoms with E-state index < -0.39 is 0 Å². The Kier molecular flexibility index (Phi) is 4.57. The molecule has 1 saturated carbocycles. The van der Waals surface area contributed by atoms with Crippen LogP contribution in [0.15, 0.2) is 12.5 Å². The molecule has 1 aromatic heterocycles. The van der Waals surface area contributed by atoms with Crippen molar-refractivity contribution in [1.29, 1.82) is 0 Å². The minimum atomic E-state index is 0.721. The summed E-state index contributed by atoms with van der Waals surface area (Å²) >= 11 is 0. The second-order valence-corrected chi connectivity index (χ2v) is 4.81. The number of imidazole rings is 1. The summed E-state index contributed by atoms with van der Waals surface area (Å²) in [6, 6.07) is 0. The quantitative estimate of drug-likeness (QED) is 0.699. The molecule has 2 atom stereocenters. The second-order valence-electron chi connectivity index (χ2n) is 4.81. The zero-order chi connectivity index (χ0) is 12.1. The molecule has 1 aromatic rings. The van der Waals surface area contributed by atoms with E-state index in [1.54, 1.807) is 7.11 Å². The lowest BCUT2D eigenvalue weighted by Crippen LogP contribution is -2.22. The summed E-state index contributed by atoms with van der Waals surface area (Å²) in [6.07, 6.45) is 6.48. The molecule has 1 fully saturated rings. The number of aryl methyl sites for hydroxylation is 1. The lowest BCUT2D eigenvalue weighted by molar-refractivity contribution is 0.199. The summed E-state index contributed by atoms with van der Waals surface area (Å²) in [5.41, 5.74) is 1.42. The average molecular weight is 237 g/mol. The van der Waals surface area contributed by atoms with E-state index in [2.05, 4.69) is 21.8 Å². The first-order chi connectivity index (χ1) is 8.36. The van der Waals surface area contributed by atoms with Gasteiger partial charge in [0, 0.05) is 38.0 Å². The molecule has 96 valence electrons. The van der Waals surface area contributed by atoms with Gasteiger partial charge >= 0.3 is 0 Å². The topological polar surface area (TPSA) is 39.1 Å². The minimum absolute atomic E-state index is 0.721. The van der Waals surface area contributed by atoms with E-state index in [4.69, 9.17) is 4.74 Å². The Morgan fingerprint density at radius 1 is 1.59 bits per heavy atom. The number of nitrogens with zero attached hydrogens (tertiary/aromatic N) is 2. The maximum atomic E-state index is 5.02. The predicted octanol–water partition coefficient (Wildman–Crippen LogP) is 1.63. The van der Waals surface area contributed by atoms with Crippen molar-refractivity contribution in [3.05, 3.63) is 18.2 Å². The van der Waals surface area contributed by atoms with E-state index in [0.717, 1.165) is 38.1 Å². The molecule has 0 aliphatic heterocycles. The fourth-order valence-corrected chi connectivity index (χ4v) is 2.36. The van der Waals surface area contributed by atoms with Crippen molar-refractivity contribution >= 4 is 0 Å². The molecule has 2 unspecified atom stereocenters. The minimum Gasteiger partial charge on any atom is -0.383 e. The Balaban J connectivity index is 1.75. The molecule has 17 heavy (non-hydrogen) atoms. The van der Waals surface area contributed by atoms with Gasteiger partial charge in [-0.1, -0.05) is 6.92 Å². The monoisotopic (exact) mass is 237 g/mol. The lowest BCUT2D eigenvalue weighted by atomic mass is 10.2. The van der Waals surface area contributed by atoms with Crippen molar-refractivity contribution in [2.24, 2.45) is 5.92 Å². The van der Waals surface area contributed by atoms with Gasteiger partial charge in [0.05, 0.1) is 12.9 Å². The molecule has 0 spiro atoms. The van der Waals surface area contributed by atoms with Crippen LogP contribution >= 0.6 is 0 Å². The Hall–Kier alpha value is -0.870. The average Bonchev–Trinajstić information content (AvgIpc) is 2.95. The summed E-state index contributed by atoms with van der Waals surface area (Å²) in [7, 11) is 1.74. The highest BCUT2D eigenvalue weighted by Gasteiger charge is 2.39. The number of hydrogen-bond donors (Lipinski definition) is 1. The standard InChI is InChI=1S/C13H23N3O/c1-3-5-16-10-15-9-13(16)12-7-11(12)8-14-4-6-17-2/h9-12,14H,3-8H2,1-2H3. The van der Waals surface area contributed by atoms with E-state index in [-0.39, 0.29) is 0 Å². The van der Waals surface area contributed by atoms with Gasteiger partial charge in [0.25, 0.3) is 0 Å². The van der Waals surface area contributed by atoms with Crippen LogP contribution in [0, 0.1) is 5.92 Å². The number of hydrogen-bond acceptors (Lipinski definition) is 3. The number of aromatic nitrogens is 2. The molecular weight excluding hydrogens is 214 g/mol. The van der Waals surface area contributed by atoms with Crippen LogP contribution in [-0.4, -0.2) is 36.4 Å².